The van der Waals surface area contributed by atoms with Crippen LogP contribution in [-0.2, 0) is 16.0 Å². The van der Waals surface area contributed by atoms with Crippen LogP contribution < -0.4 is 15.4 Å². The van der Waals surface area contributed by atoms with E-state index in [4.69, 9.17) is 9.47 Å². The molecule has 1 heterocycles. The Hall–Kier alpha value is -1.59. The van der Waals surface area contributed by atoms with Crippen LogP contribution in [0.2, 0.25) is 0 Å². The minimum absolute atomic E-state index is 0.118. The fourth-order valence-electron chi connectivity index (χ4n) is 2.47. The number of rotatable bonds is 9. The Kier molecular flexibility index (Phi) is 7.19. The molecule has 122 valence electrons. The van der Waals surface area contributed by atoms with Gasteiger partial charge in [-0.25, -0.2) is 0 Å². The molecule has 0 bridgehead atoms. The van der Waals surface area contributed by atoms with E-state index in [1.54, 1.807) is 7.11 Å². The minimum atomic E-state index is 0.118. The van der Waals surface area contributed by atoms with E-state index in [0.29, 0.717) is 19.1 Å². The lowest BCUT2D eigenvalue weighted by Gasteiger charge is -2.11. The van der Waals surface area contributed by atoms with Crippen LogP contribution in [-0.4, -0.2) is 45.4 Å². The van der Waals surface area contributed by atoms with Crippen LogP contribution in [0.25, 0.3) is 0 Å². The average Bonchev–Trinajstić information content (AvgIpc) is 3.03. The molecule has 5 nitrogen and oxygen atoms in total. The molecule has 0 saturated carbocycles. The molecule has 1 amide bonds. The first-order valence-electron chi connectivity index (χ1n) is 7.98. The maximum Gasteiger partial charge on any atom is 0.220 e. The molecular formula is C17H26N2O3. The summed E-state index contributed by atoms with van der Waals surface area (Å²) in [5.74, 6) is 0.966. The summed E-state index contributed by atoms with van der Waals surface area (Å²) in [5, 5.41) is 6.27. The summed E-state index contributed by atoms with van der Waals surface area (Å²) in [6.07, 6.45) is 3.18. The molecule has 0 radical (unpaired) electrons. The highest BCUT2D eigenvalue weighted by atomic mass is 16.5. The van der Waals surface area contributed by atoms with Crippen molar-refractivity contribution in [3.05, 3.63) is 29.8 Å². The molecule has 22 heavy (non-hydrogen) atoms. The Morgan fingerprint density at radius 1 is 1.32 bits per heavy atom. The highest BCUT2D eigenvalue weighted by Gasteiger charge is 2.15. The fraction of sp³-hybridized carbons (Fsp3) is 0.588. The quantitative estimate of drug-likeness (QED) is 0.679. The van der Waals surface area contributed by atoms with Crippen molar-refractivity contribution < 1.29 is 14.3 Å². The molecule has 1 aromatic carbocycles. The van der Waals surface area contributed by atoms with Gasteiger partial charge in [-0.1, -0.05) is 12.1 Å². The van der Waals surface area contributed by atoms with Crippen molar-refractivity contribution in [1.29, 1.82) is 0 Å². The highest BCUT2D eigenvalue weighted by molar-refractivity contribution is 5.76. The second-order valence-electron chi connectivity index (χ2n) is 5.60. The second-order valence-corrected chi connectivity index (χ2v) is 5.60. The van der Waals surface area contributed by atoms with Crippen molar-refractivity contribution in [2.24, 2.45) is 0 Å². The van der Waals surface area contributed by atoms with E-state index in [2.05, 4.69) is 10.6 Å². The van der Waals surface area contributed by atoms with Gasteiger partial charge in [0.25, 0.3) is 0 Å². The molecular weight excluding hydrogens is 280 g/mol. The summed E-state index contributed by atoms with van der Waals surface area (Å²) < 4.78 is 10.7. The lowest BCUT2D eigenvalue weighted by atomic mass is 10.1. The van der Waals surface area contributed by atoms with Gasteiger partial charge < -0.3 is 20.1 Å². The predicted octanol–water partition coefficient (Wildman–Crippen LogP) is 1.51. The second kappa shape index (κ2) is 9.43. The molecule has 1 unspecified atom stereocenters. The zero-order chi connectivity index (χ0) is 15.6. The van der Waals surface area contributed by atoms with E-state index >= 15 is 0 Å². The molecule has 1 atom stereocenters. The van der Waals surface area contributed by atoms with Gasteiger partial charge in [0.05, 0.1) is 13.2 Å². The van der Waals surface area contributed by atoms with E-state index < -0.39 is 0 Å². The Morgan fingerprint density at radius 3 is 2.82 bits per heavy atom. The van der Waals surface area contributed by atoms with Gasteiger partial charge in [-0.2, -0.15) is 0 Å². The summed E-state index contributed by atoms with van der Waals surface area (Å²) in [5.41, 5.74) is 1.23. The number of methoxy groups -OCH3 is 1. The summed E-state index contributed by atoms with van der Waals surface area (Å²) in [7, 11) is 1.71. The van der Waals surface area contributed by atoms with Crippen LogP contribution in [0.1, 0.15) is 24.8 Å². The first-order chi connectivity index (χ1) is 10.8. The molecule has 1 saturated heterocycles. The Balaban J connectivity index is 1.58. The van der Waals surface area contributed by atoms with Gasteiger partial charge in [0.15, 0.2) is 0 Å². The Labute approximate surface area is 132 Å². The molecule has 1 aromatic rings. The van der Waals surface area contributed by atoms with Crippen LogP contribution >= 0.6 is 0 Å². The van der Waals surface area contributed by atoms with Gasteiger partial charge in [-0.05, 0) is 43.5 Å². The largest absolute Gasteiger partial charge is 0.494 e. The van der Waals surface area contributed by atoms with E-state index in [1.807, 2.05) is 24.3 Å². The lowest BCUT2D eigenvalue weighted by Crippen LogP contribution is -2.36. The summed E-state index contributed by atoms with van der Waals surface area (Å²) in [6.45, 7) is 3.17. The minimum Gasteiger partial charge on any atom is -0.494 e. The van der Waals surface area contributed by atoms with Crippen molar-refractivity contribution in [3.8, 4) is 5.75 Å². The van der Waals surface area contributed by atoms with E-state index in [1.165, 1.54) is 5.56 Å². The highest BCUT2D eigenvalue weighted by Crippen LogP contribution is 2.13. The summed E-state index contributed by atoms with van der Waals surface area (Å²) >= 11 is 0. The van der Waals surface area contributed by atoms with Gasteiger partial charge in [0.2, 0.25) is 5.91 Å². The molecule has 2 N–H and O–H groups in total. The maximum absolute atomic E-state index is 11.7. The van der Waals surface area contributed by atoms with Crippen LogP contribution in [0, 0.1) is 0 Å². The number of benzene rings is 1. The fourth-order valence-corrected chi connectivity index (χ4v) is 2.47. The molecule has 5 heteroatoms. The molecule has 0 aromatic heterocycles. The predicted molar refractivity (Wildman–Crippen MR) is 86.2 cm³/mol. The zero-order valence-electron chi connectivity index (χ0n) is 13.3. The molecule has 2 rings (SSSR count). The van der Waals surface area contributed by atoms with Crippen LogP contribution in [0.15, 0.2) is 24.3 Å². The molecule has 1 aliphatic rings. The Bertz CT molecular complexity index is 442. The van der Waals surface area contributed by atoms with Gasteiger partial charge in [-0.3, -0.25) is 4.79 Å². The van der Waals surface area contributed by atoms with E-state index in [0.717, 1.165) is 44.7 Å². The van der Waals surface area contributed by atoms with Crippen molar-refractivity contribution >= 4 is 5.91 Å². The van der Waals surface area contributed by atoms with Crippen LogP contribution in [0.4, 0.5) is 0 Å². The molecule has 0 aliphatic carbocycles. The number of ether oxygens (including phenoxy) is 2. The summed E-state index contributed by atoms with van der Waals surface area (Å²) in [4.78, 5) is 11.7. The number of nitrogens with one attached hydrogen (secondary N) is 2. The first kappa shape index (κ1) is 16.8. The number of carbonyl (C=O) groups excluding carboxylic acids is 1. The lowest BCUT2D eigenvalue weighted by molar-refractivity contribution is -0.121. The third-order valence-electron chi connectivity index (χ3n) is 3.76. The molecule has 1 fully saturated rings. The van der Waals surface area contributed by atoms with Gasteiger partial charge in [0.1, 0.15) is 5.75 Å². The topological polar surface area (TPSA) is 59.6 Å². The third kappa shape index (κ3) is 6.03. The van der Waals surface area contributed by atoms with Crippen molar-refractivity contribution in [2.75, 3.05) is 33.4 Å². The van der Waals surface area contributed by atoms with Crippen LogP contribution in [0.3, 0.4) is 0 Å². The number of hydrogen-bond donors (Lipinski definition) is 2. The number of amides is 1. The first-order valence-corrected chi connectivity index (χ1v) is 7.98. The number of carbonyl (C=O) groups is 1. The maximum atomic E-state index is 11.7. The standard InChI is InChI=1S/C17H26N2O3/c1-21-12-9-14-4-6-16(7-5-14)22-11-2-3-17(20)19-15-8-10-18-13-15/h4-7,15,18H,2-3,8-13H2,1H3,(H,19,20). The Morgan fingerprint density at radius 2 is 2.14 bits per heavy atom. The number of hydrogen-bond acceptors (Lipinski definition) is 4. The van der Waals surface area contributed by atoms with Crippen molar-refractivity contribution in [2.45, 2.75) is 31.7 Å². The average molecular weight is 306 g/mol. The smallest absolute Gasteiger partial charge is 0.220 e. The van der Waals surface area contributed by atoms with Crippen LogP contribution in [0.5, 0.6) is 5.75 Å². The monoisotopic (exact) mass is 306 g/mol. The third-order valence-corrected chi connectivity index (χ3v) is 3.76. The van der Waals surface area contributed by atoms with Crippen molar-refractivity contribution in [1.82, 2.24) is 10.6 Å². The summed E-state index contributed by atoms with van der Waals surface area (Å²) in [6, 6.07) is 8.33. The van der Waals surface area contributed by atoms with Gasteiger partial charge >= 0.3 is 0 Å². The van der Waals surface area contributed by atoms with E-state index in [9.17, 15) is 4.79 Å². The van der Waals surface area contributed by atoms with E-state index in [-0.39, 0.29) is 5.91 Å². The SMILES string of the molecule is COCCc1ccc(OCCCC(=O)NC2CCNC2)cc1. The molecule has 0 spiro atoms. The van der Waals surface area contributed by atoms with Gasteiger partial charge in [0, 0.05) is 26.1 Å². The molecule has 1 aliphatic heterocycles. The normalized spacial score (nSPS) is 17.4. The van der Waals surface area contributed by atoms with Crippen molar-refractivity contribution in [3.63, 3.8) is 0 Å². The van der Waals surface area contributed by atoms with Gasteiger partial charge in [-0.15, -0.1) is 0 Å². The zero-order valence-corrected chi connectivity index (χ0v) is 13.3.